The van der Waals surface area contributed by atoms with Crippen LogP contribution in [0.2, 0.25) is 0 Å². The van der Waals surface area contributed by atoms with Gasteiger partial charge in [-0.1, -0.05) is 0 Å². The highest BCUT2D eigenvalue weighted by atomic mass is 19.4. The summed E-state index contributed by atoms with van der Waals surface area (Å²) in [5, 5.41) is 4.94. The number of carbonyl (C=O) groups is 1. The van der Waals surface area contributed by atoms with Gasteiger partial charge in [-0.15, -0.1) is 0 Å². The van der Waals surface area contributed by atoms with E-state index >= 15 is 0 Å². The van der Waals surface area contributed by atoms with Crippen molar-refractivity contribution in [1.29, 1.82) is 0 Å². The summed E-state index contributed by atoms with van der Waals surface area (Å²) in [4.78, 5) is 11.8. The van der Waals surface area contributed by atoms with E-state index in [1.807, 2.05) is 0 Å². The number of amides is 1. The van der Waals surface area contributed by atoms with Gasteiger partial charge in [-0.3, -0.25) is 4.79 Å². The van der Waals surface area contributed by atoms with Gasteiger partial charge in [0.25, 0.3) is 0 Å². The summed E-state index contributed by atoms with van der Waals surface area (Å²) in [6.07, 6.45) is -4.75. The molecule has 2 N–H and O–H groups in total. The summed E-state index contributed by atoms with van der Waals surface area (Å²) in [5.41, 5.74) is -2.30. The Balaban J connectivity index is 2.75. The van der Waals surface area contributed by atoms with Crippen LogP contribution in [-0.2, 0) is 9.53 Å². The molecule has 0 spiro atoms. The lowest BCUT2D eigenvalue weighted by Gasteiger charge is -2.30. The van der Waals surface area contributed by atoms with E-state index in [0.29, 0.717) is 0 Å². The first kappa shape index (κ1) is 14.2. The van der Waals surface area contributed by atoms with Crippen LogP contribution in [0.5, 0.6) is 0 Å². The second-order valence-electron chi connectivity index (χ2n) is 4.34. The maximum absolute atomic E-state index is 13.0. The third-order valence-electron chi connectivity index (χ3n) is 2.93. The molecular formula is C10H17F3N2O2. The monoisotopic (exact) mass is 254 g/mol. The van der Waals surface area contributed by atoms with E-state index in [2.05, 4.69) is 10.6 Å². The molecule has 1 rings (SSSR count). The molecule has 0 radical (unpaired) electrons. The van der Waals surface area contributed by atoms with Gasteiger partial charge < -0.3 is 15.4 Å². The molecule has 17 heavy (non-hydrogen) atoms. The van der Waals surface area contributed by atoms with Crippen molar-refractivity contribution in [3.05, 3.63) is 0 Å². The molecule has 2 unspecified atom stereocenters. The molecule has 0 saturated carbocycles. The third-order valence-corrected chi connectivity index (χ3v) is 2.93. The SMILES string of the molecule is COCC(C)NC(=O)C1(C(F)(F)F)CCNC1. The maximum Gasteiger partial charge on any atom is 0.404 e. The zero-order chi connectivity index (χ0) is 13.1. The van der Waals surface area contributed by atoms with Crippen LogP contribution in [0.3, 0.4) is 0 Å². The van der Waals surface area contributed by atoms with Crippen molar-refractivity contribution in [2.24, 2.45) is 5.41 Å². The van der Waals surface area contributed by atoms with Crippen molar-refractivity contribution in [2.45, 2.75) is 25.6 Å². The van der Waals surface area contributed by atoms with E-state index in [1.165, 1.54) is 7.11 Å². The second kappa shape index (κ2) is 5.22. The van der Waals surface area contributed by atoms with Gasteiger partial charge in [-0.05, 0) is 19.9 Å². The summed E-state index contributed by atoms with van der Waals surface area (Å²) < 4.78 is 43.7. The molecule has 0 aliphatic carbocycles. The molecule has 0 aromatic carbocycles. The molecule has 1 aliphatic rings. The predicted molar refractivity (Wildman–Crippen MR) is 55.5 cm³/mol. The van der Waals surface area contributed by atoms with Crippen LogP contribution in [-0.4, -0.2) is 44.9 Å². The van der Waals surface area contributed by atoms with Crippen LogP contribution in [0.15, 0.2) is 0 Å². The fourth-order valence-electron chi connectivity index (χ4n) is 1.91. The van der Waals surface area contributed by atoms with Gasteiger partial charge in [-0.25, -0.2) is 0 Å². The van der Waals surface area contributed by atoms with E-state index in [-0.39, 0.29) is 26.1 Å². The van der Waals surface area contributed by atoms with Gasteiger partial charge in [0.2, 0.25) is 5.91 Å². The molecular weight excluding hydrogens is 237 g/mol. The molecule has 100 valence electrons. The minimum Gasteiger partial charge on any atom is -0.383 e. The van der Waals surface area contributed by atoms with E-state index in [4.69, 9.17) is 4.74 Å². The van der Waals surface area contributed by atoms with Crippen molar-refractivity contribution in [1.82, 2.24) is 10.6 Å². The highest BCUT2D eigenvalue weighted by Crippen LogP contribution is 2.43. The van der Waals surface area contributed by atoms with Gasteiger partial charge in [0.05, 0.1) is 6.61 Å². The summed E-state index contributed by atoms with van der Waals surface area (Å²) >= 11 is 0. The smallest absolute Gasteiger partial charge is 0.383 e. The number of hydrogen-bond donors (Lipinski definition) is 2. The number of rotatable bonds is 4. The molecule has 7 heteroatoms. The average molecular weight is 254 g/mol. The lowest BCUT2D eigenvalue weighted by molar-refractivity contribution is -0.216. The average Bonchev–Trinajstić information content (AvgIpc) is 2.66. The molecule has 1 fully saturated rings. The van der Waals surface area contributed by atoms with Gasteiger partial charge in [0.15, 0.2) is 5.41 Å². The van der Waals surface area contributed by atoms with E-state index in [1.54, 1.807) is 6.92 Å². The third kappa shape index (κ3) is 2.90. The Morgan fingerprint density at radius 3 is 2.65 bits per heavy atom. The van der Waals surface area contributed by atoms with Crippen LogP contribution in [0.4, 0.5) is 13.2 Å². The van der Waals surface area contributed by atoms with Crippen molar-refractivity contribution in [3.63, 3.8) is 0 Å². The standard InChI is InChI=1S/C10H17F3N2O2/c1-7(5-17-2)15-8(16)9(10(11,12)13)3-4-14-6-9/h7,14H,3-6H2,1-2H3,(H,15,16). The largest absolute Gasteiger partial charge is 0.404 e. The molecule has 1 heterocycles. The quantitative estimate of drug-likeness (QED) is 0.775. The molecule has 0 bridgehead atoms. The highest BCUT2D eigenvalue weighted by Gasteiger charge is 2.61. The Labute approximate surface area is 97.9 Å². The van der Waals surface area contributed by atoms with Crippen molar-refractivity contribution in [3.8, 4) is 0 Å². The topological polar surface area (TPSA) is 50.4 Å². The zero-order valence-corrected chi connectivity index (χ0v) is 9.86. The number of alkyl halides is 3. The van der Waals surface area contributed by atoms with Crippen molar-refractivity contribution >= 4 is 5.91 Å². The Morgan fingerprint density at radius 2 is 2.24 bits per heavy atom. The fourth-order valence-corrected chi connectivity index (χ4v) is 1.91. The normalized spacial score (nSPS) is 26.9. The molecule has 1 saturated heterocycles. The van der Waals surface area contributed by atoms with Gasteiger partial charge in [0, 0.05) is 19.7 Å². The van der Waals surface area contributed by atoms with Gasteiger partial charge in [-0.2, -0.15) is 13.2 Å². The van der Waals surface area contributed by atoms with Crippen LogP contribution >= 0.6 is 0 Å². The minimum atomic E-state index is -4.53. The first-order valence-corrected chi connectivity index (χ1v) is 5.41. The van der Waals surface area contributed by atoms with Crippen molar-refractivity contribution < 1.29 is 22.7 Å². The van der Waals surface area contributed by atoms with Gasteiger partial charge in [0.1, 0.15) is 0 Å². The number of carbonyl (C=O) groups excluding carboxylic acids is 1. The lowest BCUT2D eigenvalue weighted by atomic mass is 9.85. The molecule has 1 amide bonds. The summed E-state index contributed by atoms with van der Waals surface area (Å²) in [6, 6.07) is -0.438. The Hall–Kier alpha value is -0.820. The molecule has 1 aliphatic heterocycles. The Kier molecular flexibility index (Phi) is 4.37. The summed E-state index contributed by atoms with van der Waals surface area (Å²) in [6.45, 7) is 1.63. The van der Waals surface area contributed by atoms with Crippen LogP contribution in [0.1, 0.15) is 13.3 Å². The van der Waals surface area contributed by atoms with E-state index < -0.39 is 23.5 Å². The zero-order valence-electron chi connectivity index (χ0n) is 9.86. The van der Waals surface area contributed by atoms with Crippen LogP contribution in [0, 0.1) is 5.41 Å². The first-order valence-electron chi connectivity index (χ1n) is 5.41. The number of nitrogens with one attached hydrogen (secondary N) is 2. The van der Waals surface area contributed by atoms with Gasteiger partial charge >= 0.3 is 6.18 Å². The Bertz CT molecular complexity index is 275. The van der Waals surface area contributed by atoms with Crippen LogP contribution in [0.25, 0.3) is 0 Å². The molecule has 0 aromatic heterocycles. The number of halogens is 3. The predicted octanol–water partition coefficient (Wildman–Crippen LogP) is 0.679. The highest BCUT2D eigenvalue weighted by molar-refractivity contribution is 5.84. The number of methoxy groups -OCH3 is 1. The van der Waals surface area contributed by atoms with E-state index in [0.717, 1.165) is 0 Å². The molecule has 2 atom stereocenters. The first-order chi connectivity index (χ1) is 7.83. The van der Waals surface area contributed by atoms with E-state index in [9.17, 15) is 18.0 Å². The minimum absolute atomic E-state index is 0.188. The Morgan fingerprint density at radius 1 is 1.59 bits per heavy atom. The maximum atomic E-state index is 13.0. The summed E-state index contributed by atoms with van der Waals surface area (Å²) in [7, 11) is 1.43. The number of ether oxygens (including phenoxy) is 1. The second-order valence-corrected chi connectivity index (χ2v) is 4.34. The fraction of sp³-hybridized carbons (Fsp3) is 0.900. The molecule has 0 aromatic rings. The lowest BCUT2D eigenvalue weighted by Crippen LogP contribution is -2.54. The van der Waals surface area contributed by atoms with Crippen LogP contribution < -0.4 is 10.6 Å². The van der Waals surface area contributed by atoms with Crippen molar-refractivity contribution in [2.75, 3.05) is 26.8 Å². The molecule has 4 nitrogen and oxygen atoms in total. The summed E-state index contributed by atoms with van der Waals surface area (Å²) in [5.74, 6) is -0.973. The number of hydrogen-bond acceptors (Lipinski definition) is 3.